The number of carbonyl (C=O) groups is 2. The molecular formula is C16H28N2O3. The van der Waals surface area contributed by atoms with E-state index in [0.29, 0.717) is 6.54 Å². The molecule has 0 heterocycles. The smallest absolute Gasteiger partial charge is 0.326 e. The number of nitrogens with one attached hydrogen (secondary N) is 1. The molecule has 2 saturated carbocycles. The molecule has 0 saturated heterocycles. The van der Waals surface area contributed by atoms with Crippen LogP contribution in [0.1, 0.15) is 64.7 Å². The van der Waals surface area contributed by atoms with Crippen molar-refractivity contribution in [3.05, 3.63) is 0 Å². The molecule has 0 bridgehead atoms. The molecule has 0 aromatic heterocycles. The zero-order valence-corrected chi connectivity index (χ0v) is 13.0. The quantitative estimate of drug-likeness (QED) is 0.819. The molecule has 2 fully saturated rings. The predicted octanol–water partition coefficient (Wildman–Crippen LogP) is 2.99. The average Bonchev–Trinajstić information content (AvgIpc) is 3.00. The predicted molar refractivity (Wildman–Crippen MR) is 81.2 cm³/mol. The first-order valence-corrected chi connectivity index (χ1v) is 8.43. The summed E-state index contributed by atoms with van der Waals surface area (Å²) in [6.07, 6.45) is 9.57. The van der Waals surface area contributed by atoms with Gasteiger partial charge in [0.25, 0.3) is 0 Å². The summed E-state index contributed by atoms with van der Waals surface area (Å²) in [6.45, 7) is 2.61. The van der Waals surface area contributed by atoms with Crippen LogP contribution < -0.4 is 5.32 Å². The Bertz CT molecular complexity index is 361. The summed E-state index contributed by atoms with van der Waals surface area (Å²) in [5, 5.41) is 12.3. The minimum absolute atomic E-state index is 0.0856. The van der Waals surface area contributed by atoms with Gasteiger partial charge in [-0.25, -0.2) is 9.59 Å². The van der Waals surface area contributed by atoms with Crippen LogP contribution >= 0.6 is 0 Å². The summed E-state index contributed by atoms with van der Waals surface area (Å²) in [5.74, 6) is -0.805. The topological polar surface area (TPSA) is 69.6 Å². The zero-order chi connectivity index (χ0) is 15.2. The van der Waals surface area contributed by atoms with E-state index in [4.69, 9.17) is 0 Å². The van der Waals surface area contributed by atoms with Gasteiger partial charge in [-0.2, -0.15) is 0 Å². The lowest BCUT2D eigenvalue weighted by atomic mass is 9.84. The molecule has 120 valence electrons. The van der Waals surface area contributed by atoms with Crippen molar-refractivity contribution in [3.63, 3.8) is 0 Å². The first-order valence-electron chi connectivity index (χ1n) is 8.43. The standard InChI is InChI=1S/C16H28N2O3/c1-2-18(13-10-6-7-11-13)16(21)17-14(15(19)20)12-8-4-3-5-9-12/h12-14H,2-11H2,1H3,(H,17,21)(H,19,20). The van der Waals surface area contributed by atoms with Gasteiger partial charge in [0.1, 0.15) is 6.04 Å². The van der Waals surface area contributed by atoms with E-state index in [2.05, 4.69) is 5.32 Å². The molecule has 0 aliphatic heterocycles. The average molecular weight is 296 g/mol. The number of amides is 2. The third-order valence-corrected chi connectivity index (χ3v) is 5.03. The second kappa shape index (κ2) is 7.66. The monoisotopic (exact) mass is 296 g/mol. The lowest BCUT2D eigenvalue weighted by Gasteiger charge is -2.32. The molecule has 2 aliphatic rings. The summed E-state index contributed by atoms with van der Waals surface area (Å²) in [4.78, 5) is 25.8. The van der Waals surface area contributed by atoms with Crippen LogP contribution in [0.3, 0.4) is 0 Å². The van der Waals surface area contributed by atoms with Gasteiger partial charge in [0.05, 0.1) is 0 Å². The second-order valence-corrected chi connectivity index (χ2v) is 6.39. The third kappa shape index (κ3) is 4.11. The highest BCUT2D eigenvalue weighted by molar-refractivity contribution is 5.83. The van der Waals surface area contributed by atoms with Crippen LogP contribution in [0.4, 0.5) is 4.79 Å². The van der Waals surface area contributed by atoms with E-state index in [0.717, 1.165) is 38.5 Å². The fourth-order valence-corrected chi connectivity index (χ4v) is 3.85. The summed E-state index contributed by atoms with van der Waals surface area (Å²) in [7, 11) is 0. The number of carboxylic acids is 1. The molecule has 2 aliphatic carbocycles. The molecule has 0 radical (unpaired) electrons. The van der Waals surface area contributed by atoms with Crippen LogP contribution in [0.15, 0.2) is 0 Å². The fraction of sp³-hybridized carbons (Fsp3) is 0.875. The maximum Gasteiger partial charge on any atom is 0.326 e. The summed E-state index contributed by atoms with van der Waals surface area (Å²) >= 11 is 0. The van der Waals surface area contributed by atoms with Gasteiger partial charge in [-0.1, -0.05) is 32.1 Å². The largest absolute Gasteiger partial charge is 0.480 e. The van der Waals surface area contributed by atoms with Crippen molar-refractivity contribution in [3.8, 4) is 0 Å². The fourth-order valence-electron chi connectivity index (χ4n) is 3.85. The Morgan fingerprint density at radius 3 is 2.19 bits per heavy atom. The molecule has 2 amide bonds. The highest BCUT2D eigenvalue weighted by atomic mass is 16.4. The van der Waals surface area contributed by atoms with E-state index in [-0.39, 0.29) is 18.0 Å². The molecule has 21 heavy (non-hydrogen) atoms. The summed E-state index contributed by atoms with van der Waals surface area (Å²) in [5.41, 5.74) is 0. The van der Waals surface area contributed by atoms with Crippen LogP contribution in [0, 0.1) is 5.92 Å². The Hall–Kier alpha value is -1.26. The zero-order valence-electron chi connectivity index (χ0n) is 13.0. The normalized spacial score (nSPS) is 22.0. The Balaban J connectivity index is 1.97. The minimum Gasteiger partial charge on any atom is -0.480 e. The molecular weight excluding hydrogens is 268 g/mol. The van der Waals surface area contributed by atoms with Gasteiger partial charge in [-0.15, -0.1) is 0 Å². The number of aliphatic carboxylic acids is 1. The van der Waals surface area contributed by atoms with Crippen molar-refractivity contribution in [1.82, 2.24) is 10.2 Å². The van der Waals surface area contributed by atoms with Crippen LogP contribution in [-0.4, -0.2) is 40.6 Å². The Morgan fingerprint density at radius 2 is 1.67 bits per heavy atom. The van der Waals surface area contributed by atoms with E-state index in [1.165, 1.54) is 19.3 Å². The second-order valence-electron chi connectivity index (χ2n) is 6.39. The number of rotatable bonds is 5. The number of carbonyl (C=O) groups excluding carboxylic acids is 1. The minimum atomic E-state index is -0.891. The van der Waals surface area contributed by atoms with E-state index in [9.17, 15) is 14.7 Å². The van der Waals surface area contributed by atoms with Gasteiger partial charge in [0.15, 0.2) is 0 Å². The summed E-state index contributed by atoms with van der Waals surface area (Å²) < 4.78 is 0. The SMILES string of the molecule is CCN(C(=O)NC(C(=O)O)C1CCCCC1)C1CCCC1. The van der Waals surface area contributed by atoms with Gasteiger partial charge in [0, 0.05) is 12.6 Å². The molecule has 5 nitrogen and oxygen atoms in total. The van der Waals surface area contributed by atoms with Crippen molar-refractivity contribution in [1.29, 1.82) is 0 Å². The van der Waals surface area contributed by atoms with Crippen molar-refractivity contribution >= 4 is 12.0 Å². The molecule has 5 heteroatoms. The maximum absolute atomic E-state index is 12.5. The van der Waals surface area contributed by atoms with Crippen LogP contribution in [-0.2, 0) is 4.79 Å². The number of hydrogen-bond donors (Lipinski definition) is 2. The number of carboxylic acid groups (broad SMARTS) is 1. The van der Waals surface area contributed by atoms with Crippen molar-refractivity contribution in [2.24, 2.45) is 5.92 Å². The number of urea groups is 1. The van der Waals surface area contributed by atoms with Crippen molar-refractivity contribution in [2.75, 3.05) is 6.54 Å². The third-order valence-electron chi connectivity index (χ3n) is 5.03. The van der Waals surface area contributed by atoms with Gasteiger partial charge in [-0.3, -0.25) is 0 Å². The van der Waals surface area contributed by atoms with Gasteiger partial charge in [-0.05, 0) is 38.5 Å². The lowest BCUT2D eigenvalue weighted by Crippen LogP contribution is -2.53. The molecule has 0 spiro atoms. The van der Waals surface area contributed by atoms with Crippen molar-refractivity contribution in [2.45, 2.75) is 76.8 Å². The van der Waals surface area contributed by atoms with E-state index < -0.39 is 12.0 Å². The highest BCUT2D eigenvalue weighted by Crippen LogP contribution is 2.27. The highest BCUT2D eigenvalue weighted by Gasteiger charge is 2.33. The van der Waals surface area contributed by atoms with Crippen LogP contribution in [0.5, 0.6) is 0 Å². The molecule has 2 N–H and O–H groups in total. The Morgan fingerprint density at radius 1 is 1.10 bits per heavy atom. The van der Waals surface area contributed by atoms with Crippen molar-refractivity contribution < 1.29 is 14.7 Å². The molecule has 1 atom stereocenters. The van der Waals surface area contributed by atoms with E-state index >= 15 is 0 Å². The van der Waals surface area contributed by atoms with Crippen LogP contribution in [0.25, 0.3) is 0 Å². The van der Waals surface area contributed by atoms with E-state index in [1.807, 2.05) is 11.8 Å². The van der Waals surface area contributed by atoms with Gasteiger partial charge < -0.3 is 15.3 Å². The van der Waals surface area contributed by atoms with E-state index in [1.54, 1.807) is 0 Å². The molecule has 0 aromatic carbocycles. The maximum atomic E-state index is 12.5. The van der Waals surface area contributed by atoms with Gasteiger partial charge in [0.2, 0.25) is 0 Å². The Kier molecular flexibility index (Phi) is 5.88. The first kappa shape index (κ1) is 16.1. The molecule has 0 aromatic rings. The van der Waals surface area contributed by atoms with Crippen LogP contribution in [0.2, 0.25) is 0 Å². The number of hydrogen-bond acceptors (Lipinski definition) is 2. The number of nitrogens with zero attached hydrogens (tertiary/aromatic N) is 1. The molecule has 1 unspecified atom stereocenters. The van der Waals surface area contributed by atoms with Gasteiger partial charge >= 0.3 is 12.0 Å². The molecule has 2 rings (SSSR count). The summed E-state index contributed by atoms with van der Waals surface area (Å²) in [6, 6.07) is -0.633. The lowest BCUT2D eigenvalue weighted by molar-refractivity contribution is -0.141. The Labute approximate surface area is 127 Å². The first-order chi connectivity index (χ1) is 10.1.